The van der Waals surface area contributed by atoms with Crippen molar-refractivity contribution in [2.75, 3.05) is 13.6 Å². The molecule has 0 radical (unpaired) electrons. The molecule has 1 N–H and O–H groups in total. The molecule has 1 aliphatic heterocycles. The second kappa shape index (κ2) is 5.67. The van der Waals surface area contributed by atoms with E-state index in [0.29, 0.717) is 0 Å². The minimum atomic E-state index is -0.0366. The van der Waals surface area contributed by atoms with Gasteiger partial charge in [0.2, 0.25) is 5.91 Å². The second-order valence-corrected chi connectivity index (χ2v) is 5.42. The molecule has 3 heteroatoms. The first-order valence-corrected chi connectivity index (χ1v) is 6.50. The van der Waals surface area contributed by atoms with Crippen LogP contribution in [-0.4, -0.2) is 36.0 Å². The summed E-state index contributed by atoms with van der Waals surface area (Å²) in [5.74, 6) is 0.258. The predicted molar refractivity (Wildman–Crippen MR) is 67.4 cm³/mol. The number of carbonyl (C=O) groups excluding carboxylic acids is 1. The normalized spacial score (nSPS) is 22.6. The topological polar surface area (TPSA) is 32.3 Å². The Morgan fingerprint density at radius 1 is 1.38 bits per heavy atom. The van der Waals surface area contributed by atoms with Crippen molar-refractivity contribution in [3.63, 3.8) is 0 Å². The van der Waals surface area contributed by atoms with E-state index in [1.165, 1.54) is 19.3 Å². The summed E-state index contributed by atoms with van der Waals surface area (Å²) in [5, 5.41) is 3.37. The Hall–Kier alpha value is -0.570. The van der Waals surface area contributed by atoms with Gasteiger partial charge in [-0.2, -0.15) is 0 Å². The van der Waals surface area contributed by atoms with E-state index in [0.717, 1.165) is 19.4 Å². The Kier molecular flexibility index (Phi) is 4.78. The van der Waals surface area contributed by atoms with Crippen LogP contribution in [0.3, 0.4) is 0 Å². The maximum absolute atomic E-state index is 12.3. The van der Waals surface area contributed by atoms with Crippen molar-refractivity contribution >= 4 is 5.91 Å². The molecule has 0 saturated carbocycles. The molecule has 16 heavy (non-hydrogen) atoms. The van der Waals surface area contributed by atoms with Crippen LogP contribution in [0.1, 0.15) is 52.9 Å². The van der Waals surface area contributed by atoms with Crippen LogP contribution in [0.2, 0.25) is 0 Å². The van der Waals surface area contributed by atoms with Gasteiger partial charge in [-0.25, -0.2) is 0 Å². The fourth-order valence-corrected chi connectivity index (χ4v) is 2.01. The minimum absolute atomic E-state index is 0.0366. The van der Waals surface area contributed by atoms with Gasteiger partial charge in [0.1, 0.15) is 0 Å². The summed E-state index contributed by atoms with van der Waals surface area (Å²) < 4.78 is 0. The van der Waals surface area contributed by atoms with Gasteiger partial charge in [-0.05, 0) is 39.7 Å². The molecule has 0 spiro atoms. The monoisotopic (exact) mass is 226 g/mol. The number of hydrogen-bond donors (Lipinski definition) is 1. The molecule has 0 aromatic carbocycles. The van der Waals surface area contributed by atoms with Crippen LogP contribution in [0.15, 0.2) is 0 Å². The van der Waals surface area contributed by atoms with Gasteiger partial charge in [-0.3, -0.25) is 4.79 Å². The zero-order chi connectivity index (χ0) is 12.2. The van der Waals surface area contributed by atoms with Gasteiger partial charge < -0.3 is 10.2 Å². The fraction of sp³-hybridized carbons (Fsp3) is 0.923. The maximum atomic E-state index is 12.3. The molecule has 1 aliphatic rings. The molecule has 0 aromatic rings. The van der Waals surface area contributed by atoms with Crippen molar-refractivity contribution in [2.24, 2.45) is 0 Å². The smallest absolute Gasteiger partial charge is 0.239 e. The van der Waals surface area contributed by atoms with Crippen LogP contribution in [-0.2, 0) is 4.79 Å². The van der Waals surface area contributed by atoms with Gasteiger partial charge in [0.25, 0.3) is 0 Å². The molecule has 3 nitrogen and oxygen atoms in total. The first kappa shape index (κ1) is 13.5. The Labute approximate surface area is 99.6 Å². The molecule has 1 saturated heterocycles. The Morgan fingerprint density at radius 2 is 2.06 bits per heavy atom. The highest BCUT2D eigenvalue weighted by molar-refractivity contribution is 5.82. The molecule has 1 unspecified atom stereocenters. The van der Waals surface area contributed by atoms with Crippen molar-refractivity contribution in [3.8, 4) is 0 Å². The first-order valence-electron chi connectivity index (χ1n) is 6.50. The number of amides is 1. The number of rotatable bonds is 3. The van der Waals surface area contributed by atoms with Gasteiger partial charge in [-0.15, -0.1) is 0 Å². The zero-order valence-electron chi connectivity index (χ0n) is 11.2. The summed E-state index contributed by atoms with van der Waals surface area (Å²) in [6, 6.07) is 0.0401. The molecule has 1 amide bonds. The SMILES string of the molecule is CCC(C)(C)N(C)C(=O)C1CCCCCN1. The molecular formula is C13H26N2O. The highest BCUT2D eigenvalue weighted by atomic mass is 16.2. The van der Waals surface area contributed by atoms with Gasteiger partial charge >= 0.3 is 0 Å². The largest absolute Gasteiger partial charge is 0.339 e. The van der Waals surface area contributed by atoms with Crippen LogP contribution in [0.25, 0.3) is 0 Å². The van der Waals surface area contributed by atoms with E-state index in [4.69, 9.17) is 0 Å². The molecule has 1 heterocycles. The van der Waals surface area contributed by atoms with Gasteiger partial charge in [0.15, 0.2) is 0 Å². The summed E-state index contributed by atoms with van der Waals surface area (Å²) in [4.78, 5) is 14.2. The number of nitrogens with zero attached hydrogens (tertiary/aromatic N) is 1. The molecule has 0 aliphatic carbocycles. The molecule has 0 aromatic heterocycles. The number of likely N-dealkylation sites (N-methyl/N-ethyl adjacent to an activating group) is 1. The number of carbonyl (C=O) groups is 1. The molecule has 0 bridgehead atoms. The predicted octanol–water partition coefficient (Wildman–Crippen LogP) is 2.17. The highest BCUT2D eigenvalue weighted by Crippen LogP contribution is 2.19. The lowest BCUT2D eigenvalue weighted by Gasteiger charge is -2.37. The minimum Gasteiger partial charge on any atom is -0.339 e. The van der Waals surface area contributed by atoms with Crippen LogP contribution < -0.4 is 5.32 Å². The Bertz CT molecular complexity index is 230. The zero-order valence-corrected chi connectivity index (χ0v) is 11.2. The quantitative estimate of drug-likeness (QED) is 0.800. The van der Waals surface area contributed by atoms with E-state index in [9.17, 15) is 4.79 Å². The average molecular weight is 226 g/mol. The Morgan fingerprint density at radius 3 is 2.69 bits per heavy atom. The third kappa shape index (κ3) is 3.21. The lowest BCUT2D eigenvalue weighted by molar-refractivity contribution is -0.137. The van der Waals surface area contributed by atoms with Crippen LogP contribution >= 0.6 is 0 Å². The van der Waals surface area contributed by atoms with Crippen molar-refractivity contribution in [2.45, 2.75) is 64.5 Å². The highest BCUT2D eigenvalue weighted by Gasteiger charge is 2.30. The van der Waals surface area contributed by atoms with E-state index >= 15 is 0 Å². The van der Waals surface area contributed by atoms with Crippen molar-refractivity contribution in [1.82, 2.24) is 10.2 Å². The van der Waals surface area contributed by atoms with Gasteiger partial charge in [0, 0.05) is 12.6 Å². The van der Waals surface area contributed by atoms with E-state index < -0.39 is 0 Å². The molecule has 1 fully saturated rings. The first-order chi connectivity index (χ1) is 7.49. The summed E-state index contributed by atoms with van der Waals surface area (Å²) in [6.45, 7) is 7.37. The number of nitrogens with one attached hydrogen (secondary N) is 1. The maximum Gasteiger partial charge on any atom is 0.239 e. The summed E-state index contributed by atoms with van der Waals surface area (Å²) in [5.41, 5.74) is -0.0366. The lowest BCUT2D eigenvalue weighted by atomic mass is 9.98. The van der Waals surface area contributed by atoms with Crippen molar-refractivity contribution in [3.05, 3.63) is 0 Å². The summed E-state index contributed by atoms with van der Waals surface area (Å²) in [7, 11) is 1.93. The summed E-state index contributed by atoms with van der Waals surface area (Å²) >= 11 is 0. The molecule has 94 valence electrons. The average Bonchev–Trinajstić information content (AvgIpc) is 2.55. The second-order valence-electron chi connectivity index (χ2n) is 5.42. The van der Waals surface area contributed by atoms with Crippen LogP contribution in [0, 0.1) is 0 Å². The molecular weight excluding hydrogens is 200 g/mol. The van der Waals surface area contributed by atoms with Crippen LogP contribution in [0.4, 0.5) is 0 Å². The van der Waals surface area contributed by atoms with Crippen molar-refractivity contribution in [1.29, 1.82) is 0 Å². The summed E-state index contributed by atoms with van der Waals surface area (Å²) in [6.07, 6.45) is 5.59. The standard InChI is InChI=1S/C13H26N2O/c1-5-13(2,3)15(4)12(16)11-9-7-6-8-10-14-11/h11,14H,5-10H2,1-4H3. The fourth-order valence-electron chi connectivity index (χ4n) is 2.01. The van der Waals surface area contributed by atoms with E-state index in [-0.39, 0.29) is 17.5 Å². The van der Waals surface area contributed by atoms with E-state index in [2.05, 4.69) is 26.1 Å². The van der Waals surface area contributed by atoms with Crippen LogP contribution in [0.5, 0.6) is 0 Å². The van der Waals surface area contributed by atoms with Gasteiger partial charge in [0.05, 0.1) is 6.04 Å². The third-order valence-corrected chi connectivity index (χ3v) is 3.96. The van der Waals surface area contributed by atoms with E-state index in [1.54, 1.807) is 0 Å². The van der Waals surface area contributed by atoms with Crippen molar-refractivity contribution < 1.29 is 4.79 Å². The lowest BCUT2D eigenvalue weighted by Crippen LogP contribution is -2.52. The molecule has 1 rings (SSSR count). The molecule has 1 atom stereocenters. The third-order valence-electron chi connectivity index (χ3n) is 3.96. The van der Waals surface area contributed by atoms with Gasteiger partial charge in [-0.1, -0.05) is 19.8 Å². The van der Waals surface area contributed by atoms with E-state index in [1.807, 2.05) is 11.9 Å². The number of hydrogen-bond acceptors (Lipinski definition) is 2. The Balaban J connectivity index is 2.61.